The molecule has 3 aromatic carbocycles. The van der Waals surface area contributed by atoms with Crippen LogP contribution in [0.2, 0.25) is 0 Å². The summed E-state index contributed by atoms with van der Waals surface area (Å²) in [5.74, 6) is 1.05. The fraction of sp³-hybridized carbons (Fsp3) is 0.259. The summed E-state index contributed by atoms with van der Waals surface area (Å²) in [5, 5.41) is 5.42. The lowest BCUT2D eigenvalue weighted by molar-refractivity contribution is -0.117. The SMILES string of the molecule is CCCc1cc2c(-c3ccccc3)noc2c(CCC)c1Oc1ccccc1CC(N)=O. The molecule has 0 atom stereocenters. The molecule has 0 radical (unpaired) electrons. The van der Waals surface area contributed by atoms with E-state index in [-0.39, 0.29) is 12.3 Å². The molecule has 0 fully saturated rings. The smallest absolute Gasteiger partial charge is 0.221 e. The maximum absolute atomic E-state index is 11.6. The topological polar surface area (TPSA) is 78.3 Å². The van der Waals surface area contributed by atoms with E-state index in [0.717, 1.165) is 70.3 Å². The van der Waals surface area contributed by atoms with Crippen molar-refractivity contribution in [1.82, 2.24) is 5.16 Å². The van der Waals surface area contributed by atoms with E-state index in [1.807, 2.05) is 54.6 Å². The molecule has 0 aliphatic carbocycles. The molecule has 0 aliphatic rings. The highest BCUT2D eigenvalue weighted by atomic mass is 16.5. The van der Waals surface area contributed by atoms with Crippen LogP contribution in [0.25, 0.3) is 22.2 Å². The zero-order valence-corrected chi connectivity index (χ0v) is 18.6. The maximum atomic E-state index is 11.6. The molecular formula is C27H28N2O3. The molecule has 5 heteroatoms. The van der Waals surface area contributed by atoms with Gasteiger partial charge in [0.1, 0.15) is 17.2 Å². The zero-order chi connectivity index (χ0) is 22.5. The standard InChI is InChI=1S/C27H28N2O3/c1-3-10-20-16-22-25(18-12-6-5-7-13-18)29-32-27(22)21(11-4-2)26(20)31-23-15-9-8-14-19(23)17-24(28)30/h5-9,12-16H,3-4,10-11,17H2,1-2H3,(H2,28,30). The number of aryl methyl sites for hydroxylation is 2. The Bertz CT molecular complexity index is 1230. The first-order valence-electron chi connectivity index (χ1n) is 11.2. The molecule has 5 nitrogen and oxygen atoms in total. The Hall–Kier alpha value is -3.60. The van der Waals surface area contributed by atoms with Gasteiger partial charge < -0.3 is 15.0 Å². The third kappa shape index (κ3) is 4.37. The summed E-state index contributed by atoms with van der Waals surface area (Å²) in [6.45, 7) is 4.29. The second-order valence-electron chi connectivity index (χ2n) is 7.97. The number of carbonyl (C=O) groups is 1. The number of primary amides is 1. The van der Waals surface area contributed by atoms with E-state index in [9.17, 15) is 4.79 Å². The Morgan fingerprint density at radius 3 is 2.41 bits per heavy atom. The van der Waals surface area contributed by atoms with Crippen LogP contribution in [0.15, 0.2) is 65.2 Å². The van der Waals surface area contributed by atoms with Crippen LogP contribution in [0.1, 0.15) is 43.4 Å². The van der Waals surface area contributed by atoms with Gasteiger partial charge in [-0.15, -0.1) is 0 Å². The van der Waals surface area contributed by atoms with E-state index in [1.54, 1.807) is 0 Å². The lowest BCUT2D eigenvalue weighted by atomic mass is 9.96. The van der Waals surface area contributed by atoms with Gasteiger partial charge >= 0.3 is 0 Å². The molecule has 164 valence electrons. The molecule has 2 N–H and O–H groups in total. The van der Waals surface area contributed by atoms with E-state index in [2.05, 4.69) is 25.1 Å². The van der Waals surface area contributed by atoms with Crippen molar-refractivity contribution in [2.75, 3.05) is 0 Å². The Morgan fingerprint density at radius 2 is 1.69 bits per heavy atom. The number of rotatable bonds is 9. The number of nitrogens with two attached hydrogens (primary N) is 1. The van der Waals surface area contributed by atoms with Gasteiger partial charge in [-0.05, 0) is 30.5 Å². The summed E-state index contributed by atoms with van der Waals surface area (Å²) >= 11 is 0. The predicted molar refractivity (Wildman–Crippen MR) is 127 cm³/mol. The molecule has 32 heavy (non-hydrogen) atoms. The molecule has 0 unspecified atom stereocenters. The van der Waals surface area contributed by atoms with E-state index >= 15 is 0 Å². The molecule has 4 aromatic rings. The number of hydrogen-bond donors (Lipinski definition) is 1. The van der Waals surface area contributed by atoms with Gasteiger partial charge in [-0.3, -0.25) is 4.79 Å². The summed E-state index contributed by atoms with van der Waals surface area (Å²) in [4.78, 5) is 11.6. The van der Waals surface area contributed by atoms with E-state index in [0.29, 0.717) is 5.75 Å². The molecule has 0 saturated carbocycles. The van der Waals surface area contributed by atoms with E-state index in [4.69, 9.17) is 15.0 Å². The predicted octanol–water partition coefficient (Wildman–Crippen LogP) is 6.22. The number of carbonyl (C=O) groups excluding carboxylic acids is 1. The van der Waals surface area contributed by atoms with Crippen LogP contribution in [-0.4, -0.2) is 11.1 Å². The highest BCUT2D eigenvalue weighted by Crippen LogP contribution is 2.41. The number of hydrogen-bond acceptors (Lipinski definition) is 4. The largest absolute Gasteiger partial charge is 0.456 e. The first-order valence-corrected chi connectivity index (χ1v) is 11.2. The van der Waals surface area contributed by atoms with Gasteiger partial charge in [0.15, 0.2) is 5.58 Å². The average Bonchev–Trinajstić information content (AvgIpc) is 3.21. The van der Waals surface area contributed by atoms with Crippen molar-refractivity contribution < 1.29 is 14.1 Å². The lowest BCUT2D eigenvalue weighted by Crippen LogP contribution is -2.14. The number of aromatic nitrogens is 1. The third-order valence-corrected chi connectivity index (χ3v) is 5.50. The Kier molecular flexibility index (Phi) is 6.55. The molecule has 0 saturated heterocycles. The minimum Gasteiger partial charge on any atom is -0.456 e. The van der Waals surface area contributed by atoms with Gasteiger partial charge in [0.05, 0.1) is 11.8 Å². The molecule has 1 heterocycles. The normalized spacial score (nSPS) is 11.1. The molecule has 1 aromatic heterocycles. The number of ether oxygens (including phenoxy) is 1. The van der Waals surface area contributed by atoms with Crippen molar-refractivity contribution in [3.63, 3.8) is 0 Å². The van der Waals surface area contributed by atoms with Gasteiger partial charge in [-0.25, -0.2) is 0 Å². The summed E-state index contributed by atoms with van der Waals surface area (Å²) in [7, 11) is 0. The highest BCUT2D eigenvalue weighted by Gasteiger charge is 2.22. The van der Waals surface area contributed by atoms with Crippen LogP contribution in [0.3, 0.4) is 0 Å². The summed E-state index contributed by atoms with van der Waals surface area (Å²) in [6, 6.07) is 19.8. The molecule has 0 aliphatic heterocycles. The van der Waals surface area contributed by atoms with Crippen molar-refractivity contribution in [1.29, 1.82) is 0 Å². The van der Waals surface area contributed by atoms with Crippen LogP contribution >= 0.6 is 0 Å². The monoisotopic (exact) mass is 428 g/mol. The fourth-order valence-electron chi connectivity index (χ4n) is 4.10. The van der Waals surface area contributed by atoms with E-state index < -0.39 is 0 Å². The van der Waals surface area contributed by atoms with Crippen molar-refractivity contribution in [3.8, 4) is 22.8 Å². The van der Waals surface area contributed by atoms with Crippen LogP contribution in [0.4, 0.5) is 0 Å². The molecule has 0 spiro atoms. The quantitative estimate of drug-likeness (QED) is 0.343. The van der Waals surface area contributed by atoms with Gasteiger partial charge in [-0.1, -0.05) is 80.4 Å². The van der Waals surface area contributed by atoms with Crippen molar-refractivity contribution >= 4 is 16.9 Å². The minimum absolute atomic E-state index is 0.130. The summed E-state index contributed by atoms with van der Waals surface area (Å²) in [6.07, 6.45) is 3.70. The van der Waals surface area contributed by atoms with Gasteiger partial charge in [0.25, 0.3) is 0 Å². The third-order valence-electron chi connectivity index (χ3n) is 5.50. The molecule has 4 rings (SSSR count). The van der Waals surface area contributed by atoms with Gasteiger partial charge in [0.2, 0.25) is 5.91 Å². The fourth-order valence-corrected chi connectivity index (χ4v) is 4.10. The number of amides is 1. The van der Waals surface area contributed by atoms with Crippen LogP contribution in [0.5, 0.6) is 11.5 Å². The number of fused-ring (bicyclic) bond motifs is 1. The second kappa shape index (κ2) is 9.69. The first-order chi connectivity index (χ1) is 15.6. The van der Waals surface area contributed by atoms with Crippen LogP contribution in [0, 0.1) is 0 Å². The first kappa shape index (κ1) is 21.6. The summed E-state index contributed by atoms with van der Waals surface area (Å²) < 4.78 is 12.4. The minimum atomic E-state index is -0.387. The van der Waals surface area contributed by atoms with Crippen molar-refractivity contribution in [2.24, 2.45) is 5.73 Å². The van der Waals surface area contributed by atoms with Crippen LogP contribution < -0.4 is 10.5 Å². The summed E-state index contributed by atoms with van der Waals surface area (Å²) in [5.41, 5.74) is 11.0. The number of para-hydroxylation sites is 1. The highest BCUT2D eigenvalue weighted by molar-refractivity contribution is 5.95. The Balaban J connectivity index is 1.89. The number of nitrogens with zero attached hydrogens (tertiary/aromatic N) is 1. The van der Waals surface area contributed by atoms with E-state index in [1.165, 1.54) is 0 Å². The van der Waals surface area contributed by atoms with Crippen molar-refractivity contribution in [3.05, 3.63) is 77.4 Å². The average molecular weight is 429 g/mol. The lowest BCUT2D eigenvalue weighted by Gasteiger charge is -2.18. The maximum Gasteiger partial charge on any atom is 0.221 e. The number of benzene rings is 3. The molecule has 1 amide bonds. The van der Waals surface area contributed by atoms with Gasteiger partial charge in [-0.2, -0.15) is 0 Å². The molecule has 0 bridgehead atoms. The molecular weight excluding hydrogens is 400 g/mol. The van der Waals surface area contributed by atoms with Crippen LogP contribution in [-0.2, 0) is 24.1 Å². The second-order valence-corrected chi connectivity index (χ2v) is 7.97. The zero-order valence-electron chi connectivity index (χ0n) is 18.6. The van der Waals surface area contributed by atoms with Gasteiger partial charge in [0, 0.05) is 16.7 Å². The Morgan fingerprint density at radius 1 is 0.969 bits per heavy atom. The Labute approximate surface area is 188 Å². The van der Waals surface area contributed by atoms with Crippen molar-refractivity contribution in [2.45, 2.75) is 46.0 Å².